The van der Waals surface area contributed by atoms with Crippen LogP contribution in [0.15, 0.2) is 4.99 Å². The van der Waals surface area contributed by atoms with Gasteiger partial charge in [-0.3, -0.25) is 4.99 Å². The summed E-state index contributed by atoms with van der Waals surface area (Å²) in [4.78, 5) is 4.05. The minimum atomic E-state index is -3.27. The number of ether oxygens (including phenoxy) is 1. The van der Waals surface area contributed by atoms with Crippen molar-refractivity contribution in [3.63, 3.8) is 0 Å². The van der Waals surface area contributed by atoms with Gasteiger partial charge in [0.25, 0.3) is 0 Å². The van der Waals surface area contributed by atoms with E-state index >= 15 is 0 Å². The molecule has 1 aliphatic rings. The van der Waals surface area contributed by atoms with Crippen molar-refractivity contribution in [2.45, 2.75) is 39.4 Å². The van der Waals surface area contributed by atoms with Crippen molar-refractivity contribution in [3.8, 4) is 0 Å². The number of nitrogens with one attached hydrogen (secondary N) is 2. The Morgan fingerprint density at radius 2 is 1.81 bits per heavy atom. The summed E-state index contributed by atoms with van der Waals surface area (Å²) in [5.74, 6) is 0.690. The minimum absolute atomic E-state index is 0.0548. The highest BCUT2D eigenvalue weighted by molar-refractivity contribution is 7.89. The van der Waals surface area contributed by atoms with Crippen LogP contribution < -0.4 is 10.6 Å². The Hall–Kier alpha value is -0.860. The van der Waals surface area contributed by atoms with Gasteiger partial charge in [-0.15, -0.1) is 0 Å². The Morgan fingerprint density at radius 3 is 2.33 bits per heavy atom. The zero-order valence-electron chi connectivity index (χ0n) is 13.4. The molecular weight excluding hydrogens is 292 g/mol. The molecule has 1 fully saturated rings. The number of sulfonamides is 1. The molecule has 1 heterocycles. The van der Waals surface area contributed by atoms with Crippen molar-refractivity contribution in [1.82, 2.24) is 14.9 Å². The van der Waals surface area contributed by atoms with Gasteiger partial charge in [0.2, 0.25) is 10.0 Å². The molecule has 0 saturated carbocycles. The summed E-state index contributed by atoms with van der Waals surface area (Å²) in [5.41, 5.74) is 0. The maximum absolute atomic E-state index is 12.3. The van der Waals surface area contributed by atoms with Crippen molar-refractivity contribution in [1.29, 1.82) is 0 Å². The molecule has 0 aromatic carbocycles. The fraction of sp³-hybridized carbons (Fsp3) is 0.923. The molecule has 8 heteroatoms. The lowest BCUT2D eigenvalue weighted by atomic mass is 10.3. The molecule has 0 amide bonds. The monoisotopic (exact) mass is 320 g/mol. The van der Waals surface area contributed by atoms with Crippen molar-refractivity contribution in [3.05, 3.63) is 0 Å². The van der Waals surface area contributed by atoms with E-state index < -0.39 is 10.0 Å². The van der Waals surface area contributed by atoms with Gasteiger partial charge in [0.1, 0.15) is 0 Å². The van der Waals surface area contributed by atoms with E-state index in [1.165, 1.54) is 4.31 Å². The highest BCUT2D eigenvalue weighted by Crippen LogP contribution is 2.14. The summed E-state index contributed by atoms with van der Waals surface area (Å²) in [5, 5.41) is 6.13. The average molecular weight is 320 g/mol. The van der Waals surface area contributed by atoms with Crippen LogP contribution in [0.1, 0.15) is 27.2 Å². The Bertz CT molecular complexity index is 429. The lowest BCUT2D eigenvalue weighted by molar-refractivity contribution is -0.0440. The molecule has 21 heavy (non-hydrogen) atoms. The van der Waals surface area contributed by atoms with E-state index in [4.69, 9.17) is 4.74 Å². The van der Waals surface area contributed by atoms with Crippen LogP contribution in [0.25, 0.3) is 0 Å². The molecule has 0 aromatic heterocycles. The summed E-state index contributed by atoms with van der Waals surface area (Å²) in [6.07, 6.45) is 0.869. The van der Waals surface area contributed by atoms with Crippen LogP contribution in [0.3, 0.4) is 0 Å². The molecule has 0 aliphatic carbocycles. The van der Waals surface area contributed by atoms with Gasteiger partial charge in [0, 0.05) is 33.2 Å². The first kappa shape index (κ1) is 18.2. The van der Waals surface area contributed by atoms with E-state index in [0.717, 1.165) is 13.0 Å². The highest BCUT2D eigenvalue weighted by atomic mass is 32.2. The van der Waals surface area contributed by atoms with Gasteiger partial charge in [0.05, 0.1) is 18.0 Å². The number of rotatable bonds is 6. The van der Waals surface area contributed by atoms with Crippen LogP contribution in [0.4, 0.5) is 0 Å². The lowest BCUT2D eigenvalue weighted by Crippen LogP contribution is -2.50. The third-order valence-electron chi connectivity index (χ3n) is 3.20. The fourth-order valence-corrected chi connectivity index (χ4v) is 3.74. The Kier molecular flexibility index (Phi) is 7.41. The van der Waals surface area contributed by atoms with Crippen molar-refractivity contribution in [2.75, 3.05) is 39.0 Å². The highest BCUT2D eigenvalue weighted by Gasteiger charge is 2.30. The third kappa shape index (κ3) is 6.19. The van der Waals surface area contributed by atoms with Gasteiger partial charge in [-0.2, -0.15) is 4.31 Å². The van der Waals surface area contributed by atoms with Crippen LogP contribution in [-0.2, 0) is 14.8 Å². The predicted molar refractivity (Wildman–Crippen MR) is 85.0 cm³/mol. The second-order valence-electron chi connectivity index (χ2n) is 5.32. The summed E-state index contributed by atoms with van der Waals surface area (Å²) < 4.78 is 31.7. The number of hydrogen-bond acceptors (Lipinski definition) is 4. The van der Waals surface area contributed by atoms with Crippen LogP contribution in [0.2, 0.25) is 0 Å². The minimum Gasteiger partial charge on any atom is -0.373 e. The van der Waals surface area contributed by atoms with Gasteiger partial charge in [-0.05, 0) is 20.3 Å². The standard InChI is InChI=1S/C13H28N4O3S/c1-5-6-15-13(14-4)16-7-8-21(18,19)17-9-11(2)20-12(3)10-17/h11-12H,5-10H2,1-4H3,(H2,14,15,16). The number of hydrogen-bond donors (Lipinski definition) is 2. The van der Waals surface area contributed by atoms with E-state index in [2.05, 4.69) is 22.5 Å². The molecule has 1 rings (SSSR count). The third-order valence-corrected chi connectivity index (χ3v) is 5.00. The number of guanidine groups is 1. The quantitative estimate of drug-likeness (QED) is 0.532. The Labute approximate surface area is 128 Å². The van der Waals surface area contributed by atoms with Crippen molar-refractivity contribution in [2.24, 2.45) is 4.99 Å². The maximum Gasteiger partial charge on any atom is 0.216 e. The number of morpholine rings is 1. The van der Waals surface area contributed by atoms with Crippen molar-refractivity contribution >= 4 is 16.0 Å². The molecule has 0 aromatic rings. The molecular formula is C13H28N4O3S. The van der Waals surface area contributed by atoms with Crippen LogP contribution in [0.5, 0.6) is 0 Å². The van der Waals surface area contributed by atoms with Gasteiger partial charge in [0.15, 0.2) is 5.96 Å². The number of nitrogens with zero attached hydrogens (tertiary/aromatic N) is 2. The SMILES string of the molecule is CCCNC(=NC)NCCS(=O)(=O)N1CC(C)OC(C)C1. The largest absolute Gasteiger partial charge is 0.373 e. The molecule has 0 spiro atoms. The fourth-order valence-electron chi connectivity index (χ4n) is 2.25. The zero-order chi connectivity index (χ0) is 15.9. The molecule has 2 unspecified atom stereocenters. The van der Waals surface area contributed by atoms with E-state index in [-0.39, 0.29) is 18.0 Å². The topological polar surface area (TPSA) is 83.0 Å². The number of aliphatic imine (C=N–C) groups is 1. The van der Waals surface area contributed by atoms with Crippen molar-refractivity contribution < 1.29 is 13.2 Å². The zero-order valence-corrected chi connectivity index (χ0v) is 14.2. The molecule has 2 N–H and O–H groups in total. The molecule has 0 bridgehead atoms. The summed E-state index contributed by atoms with van der Waals surface area (Å²) in [7, 11) is -1.59. The maximum atomic E-state index is 12.3. The van der Waals surface area contributed by atoms with Gasteiger partial charge >= 0.3 is 0 Å². The van der Waals surface area contributed by atoms with Crippen LogP contribution >= 0.6 is 0 Å². The molecule has 7 nitrogen and oxygen atoms in total. The summed E-state index contributed by atoms with van der Waals surface area (Å²) in [6.45, 7) is 7.85. The first-order valence-electron chi connectivity index (χ1n) is 7.46. The normalized spacial score (nSPS) is 24.9. The van der Waals surface area contributed by atoms with Gasteiger partial charge in [-0.25, -0.2) is 8.42 Å². The Balaban J connectivity index is 2.45. The summed E-state index contributed by atoms with van der Waals surface area (Å²) >= 11 is 0. The Morgan fingerprint density at radius 1 is 1.24 bits per heavy atom. The second-order valence-corrected chi connectivity index (χ2v) is 7.40. The lowest BCUT2D eigenvalue weighted by Gasteiger charge is -2.34. The van der Waals surface area contributed by atoms with Crippen LogP contribution in [0, 0.1) is 0 Å². The summed E-state index contributed by atoms with van der Waals surface area (Å²) in [6, 6.07) is 0. The first-order valence-corrected chi connectivity index (χ1v) is 9.07. The van der Waals surface area contributed by atoms with E-state index in [1.807, 2.05) is 13.8 Å². The molecule has 124 valence electrons. The van der Waals surface area contributed by atoms with Gasteiger partial charge in [-0.1, -0.05) is 6.92 Å². The van der Waals surface area contributed by atoms with Gasteiger partial charge < -0.3 is 15.4 Å². The molecule has 0 radical (unpaired) electrons. The smallest absolute Gasteiger partial charge is 0.216 e. The predicted octanol–water partition coefficient (Wildman–Crippen LogP) is 0.000400. The molecule has 1 saturated heterocycles. The van der Waals surface area contributed by atoms with Crippen LogP contribution in [-0.4, -0.2) is 69.9 Å². The van der Waals surface area contributed by atoms with E-state index in [9.17, 15) is 8.42 Å². The molecule has 2 atom stereocenters. The second kappa shape index (κ2) is 8.55. The average Bonchev–Trinajstić information content (AvgIpc) is 2.41. The van der Waals surface area contributed by atoms with E-state index in [0.29, 0.717) is 25.6 Å². The first-order chi connectivity index (χ1) is 9.89. The van der Waals surface area contributed by atoms with E-state index in [1.54, 1.807) is 7.05 Å². The molecule has 1 aliphatic heterocycles.